The summed E-state index contributed by atoms with van der Waals surface area (Å²) in [6.07, 6.45) is 25.2. The summed E-state index contributed by atoms with van der Waals surface area (Å²) >= 11 is 9.89. The monoisotopic (exact) mass is 893 g/mol. The van der Waals surface area contributed by atoms with Crippen LogP contribution in [0.15, 0.2) is 60.7 Å². The van der Waals surface area contributed by atoms with Gasteiger partial charge in [0.1, 0.15) is 5.92 Å². The number of likely N-dealkylation sites (tertiary alicyclic amines) is 1. The van der Waals surface area contributed by atoms with Crippen molar-refractivity contribution in [3.8, 4) is 0 Å². The molecule has 2 amide bonds. The summed E-state index contributed by atoms with van der Waals surface area (Å²) < 4.78 is 0. The zero-order valence-corrected chi connectivity index (χ0v) is 33.8. The minimum atomic E-state index is -0.756. The Bertz CT molecular complexity index is 1120. The van der Waals surface area contributed by atoms with Crippen molar-refractivity contribution >= 4 is 42.8 Å². The van der Waals surface area contributed by atoms with E-state index < -0.39 is 12.0 Å². The zero-order chi connectivity index (χ0) is 34.2. The average molecular weight is 894 g/mol. The average Bonchev–Trinajstić information content (AvgIpc) is 3.62. The molecule has 0 aliphatic carbocycles. The van der Waals surface area contributed by atoms with Crippen LogP contribution in [-0.2, 0) is 62.1 Å². The second-order valence-electron chi connectivity index (χ2n) is 13.5. The van der Waals surface area contributed by atoms with Gasteiger partial charge in [-0.15, -0.1) is 0 Å². The maximum Gasteiger partial charge on any atom is 0.261 e. The Morgan fingerprint density at radius 2 is 1.02 bits per heavy atom. The predicted molar refractivity (Wildman–Crippen MR) is 208 cm³/mol. The molecule has 5 nitrogen and oxygen atoms in total. The molecule has 3 unspecified atom stereocenters. The molecule has 49 heavy (non-hydrogen) atoms. The Hall–Kier alpha value is -1.22. The van der Waals surface area contributed by atoms with Crippen LogP contribution >= 0.6 is 0 Å². The third-order valence-electron chi connectivity index (χ3n) is 9.63. The van der Waals surface area contributed by atoms with E-state index in [0.717, 1.165) is 42.0 Å². The molecule has 4 rings (SSSR count). The van der Waals surface area contributed by atoms with E-state index >= 15 is 0 Å². The van der Waals surface area contributed by atoms with E-state index in [1.807, 2.05) is 60.7 Å². The first-order chi connectivity index (χ1) is 23.6. The molecule has 2 aromatic rings. The molecule has 2 aliphatic heterocycles. The number of benzene rings is 2. The number of imide groups is 1. The van der Waals surface area contributed by atoms with Crippen molar-refractivity contribution < 1.29 is 38.2 Å². The summed E-state index contributed by atoms with van der Waals surface area (Å²) in [4.78, 5) is 34.3. The number of anilines is 1. The normalized spacial score (nSPS) is 18.3. The van der Waals surface area contributed by atoms with Crippen molar-refractivity contribution in [2.24, 2.45) is 5.92 Å². The Morgan fingerprint density at radius 3 is 1.49 bits per heavy atom. The number of amides is 2. The minimum Gasteiger partial charge on any atom is -0.793 e. The molecule has 0 bridgehead atoms. The van der Waals surface area contributed by atoms with Crippen LogP contribution in [0.4, 0.5) is 5.69 Å². The first-order valence-corrected chi connectivity index (χ1v) is 20.4. The number of para-hydroxylation sites is 1. The van der Waals surface area contributed by atoms with E-state index in [0.29, 0.717) is 6.54 Å². The first-order valence-electron chi connectivity index (χ1n) is 19.2. The second-order valence-corrected chi connectivity index (χ2v) is 14.3. The maximum absolute atomic E-state index is 13.5. The summed E-state index contributed by atoms with van der Waals surface area (Å²) in [5, 5.41) is 1.76. The largest absolute Gasteiger partial charge is 0.793 e. The number of carbonyl (C=O) groups excluding carboxylic acids is 2. The van der Waals surface area contributed by atoms with Crippen LogP contribution in [0.5, 0.6) is 0 Å². The van der Waals surface area contributed by atoms with Crippen LogP contribution in [0.2, 0.25) is 0 Å². The van der Waals surface area contributed by atoms with Crippen LogP contribution in [-0.4, -0.2) is 40.9 Å². The molecule has 2 fully saturated rings. The Morgan fingerprint density at radius 1 is 0.592 bits per heavy atom. The smallest absolute Gasteiger partial charge is 0.261 e. The number of unbranched alkanes of at least 4 members (excludes halogenated alkanes) is 18. The number of hydrogen-bond donors (Lipinski definition) is 0. The van der Waals surface area contributed by atoms with Gasteiger partial charge in [-0.05, 0) is 24.1 Å². The topological polar surface area (TPSA) is 49.9 Å². The third kappa shape index (κ3) is 15.5. The Kier molecular flexibility index (Phi) is 24.6. The van der Waals surface area contributed by atoms with Gasteiger partial charge in [-0.2, -0.15) is 11.5 Å². The van der Waals surface area contributed by atoms with Gasteiger partial charge in [0.05, 0.1) is 11.7 Å². The van der Waals surface area contributed by atoms with E-state index in [1.165, 1.54) is 114 Å². The van der Waals surface area contributed by atoms with Crippen molar-refractivity contribution in [2.45, 2.75) is 147 Å². The van der Waals surface area contributed by atoms with Gasteiger partial charge < -0.3 is 25.3 Å². The molecular formula is C41H64AuN2O3S2-2. The van der Waals surface area contributed by atoms with Gasteiger partial charge in [0.2, 0.25) is 5.91 Å². The van der Waals surface area contributed by atoms with Crippen LogP contribution in [0.25, 0.3) is 0 Å². The second kappa shape index (κ2) is 27.4. The summed E-state index contributed by atoms with van der Waals surface area (Å²) in [6, 6.07) is 19.3. The molecular weight excluding hydrogens is 830 g/mol. The molecule has 2 aliphatic rings. The summed E-state index contributed by atoms with van der Waals surface area (Å²) in [5.41, 5.74) is 1.83. The summed E-state index contributed by atoms with van der Waals surface area (Å²) in [6.45, 7) is 2.76. The standard InChI is InChI=1S/C29H38N2O3S.C12H26S.Au.H2/c32-28-25-26(23-17-11-9-12-18-23)31(24-19-13-10-14-20-24)34-27(25)29(33)30(28)21-15-7-5-3-1-2-4-6-8-16-22-35;1-2-3-4-5-6-7-8-9-10-11-12-13;;/h9-14,17-20,25-27,35H,1-8,15-16,21-22H2;13H,2-12H2,1H3;;1H/p-2. The van der Waals surface area contributed by atoms with Crippen LogP contribution in [0.3, 0.4) is 0 Å². The molecule has 1 radical (unpaired) electrons. The minimum absolute atomic E-state index is 0. The van der Waals surface area contributed by atoms with Gasteiger partial charge in [0, 0.05) is 30.4 Å². The van der Waals surface area contributed by atoms with Gasteiger partial charge in [0.15, 0.2) is 6.10 Å². The number of hydrogen-bond acceptors (Lipinski definition) is 6. The molecule has 0 aromatic heterocycles. The van der Waals surface area contributed by atoms with Gasteiger partial charge >= 0.3 is 0 Å². The molecule has 2 heterocycles. The number of carbonyl (C=O) groups is 2. The molecule has 281 valence electrons. The Balaban J connectivity index is 0.000000714. The van der Waals surface area contributed by atoms with Crippen LogP contribution in [0, 0.1) is 5.92 Å². The van der Waals surface area contributed by atoms with Crippen molar-refractivity contribution in [1.82, 2.24) is 4.90 Å². The van der Waals surface area contributed by atoms with Crippen molar-refractivity contribution in [3.63, 3.8) is 0 Å². The fourth-order valence-electron chi connectivity index (χ4n) is 6.86. The van der Waals surface area contributed by atoms with Crippen molar-refractivity contribution in [2.75, 3.05) is 23.1 Å². The zero-order valence-electron chi connectivity index (χ0n) is 30.0. The van der Waals surface area contributed by atoms with Gasteiger partial charge in [-0.25, -0.2) is 5.06 Å². The first kappa shape index (κ1) is 43.9. The fraction of sp³-hybridized carbons (Fsp3) is 0.659. The molecule has 0 spiro atoms. The molecule has 8 heteroatoms. The van der Waals surface area contributed by atoms with Gasteiger partial charge in [-0.1, -0.05) is 177 Å². The molecule has 2 saturated heterocycles. The third-order valence-corrected chi connectivity index (χ3v) is 10.2. The van der Waals surface area contributed by atoms with Gasteiger partial charge in [-0.3, -0.25) is 19.3 Å². The van der Waals surface area contributed by atoms with Gasteiger partial charge in [0.25, 0.3) is 5.91 Å². The van der Waals surface area contributed by atoms with Crippen LogP contribution in [0.1, 0.15) is 148 Å². The molecule has 2 aromatic carbocycles. The summed E-state index contributed by atoms with van der Waals surface area (Å²) in [5.74, 6) is 1.01. The van der Waals surface area contributed by atoms with E-state index in [4.69, 9.17) is 30.1 Å². The number of rotatable bonds is 24. The number of fused-ring (bicyclic) bond motifs is 1. The van der Waals surface area contributed by atoms with E-state index in [-0.39, 0.29) is 41.7 Å². The SMILES string of the molecule is CCCCCCCCCCCC[S-].O=C1C2ON(c3ccccc3)C(c3ccccc3)C2C(=O)N1CCCCCCCCCCCC[S-].[Au].[HH]. The molecule has 0 N–H and O–H groups in total. The summed E-state index contributed by atoms with van der Waals surface area (Å²) in [7, 11) is 0. The van der Waals surface area contributed by atoms with E-state index in [9.17, 15) is 9.59 Å². The van der Waals surface area contributed by atoms with Crippen molar-refractivity contribution in [1.29, 1.82) is 0 Å². The molecule has 3 atom stereocenters. The van der Waals surface area contributed by atoms with E-state index in [1.54, 1.807) is 5.06 Å². The predicted octanol–water partition coefficient (Wildman–Crippen LogP) is 10.7. The van der Waals surface area contributed by atoms with Crippen molar-refractivity contribution in [3.05, 3.63) is 66.2 Å². The maximum atomic E-state index is 13.5. The molecule has 0 saturated carbocycles. The quantitative estimate of drug-likeness (QED) is 0.0453. The fourth-order valence-corrected chi connectivity index (χ4v) is 7.26. The van der Waals surface area contributed by atoms with Crippen LogP contribution < -0.4 is 5.06 Å². The number of nitrogens with zero attached hydrogens (tertiary/aromatic N) is 2. The Labute approximate surface area is 326 Å². The number of hydroxylamine groups is 1. The van der Waals surface area contributed by atoms with E-state index in [2.05, 4.69) is 6.92 Å².